The van der Waals surface area contributed by atoms with Crippen LogP contribution in [0.15, 0.2) is 0 Å². The molecule has 0 saturated carbocycles. The Balaban J connectivity index is 3.73. The van der Waals surface area contributed by atoms with E-state index in [1.54, 1.807) is 6.92 Å². The van der Waals surface area contributed by atoms with Crippen LogP contribution in [0.3, 0.4) is 0 Å². The molecule has 0 saturated heterocycles. The van der Waals surface area contributed by atoms with E-state index in [9.17, 15) is 9.59 Å². The van der Waals surface area contributed by atoms with E-state index < -0.39 is 12.6 Å². The molecule has 0 spiro atoms. The highest BCUT2D eigenvalue weighted by atomic mass is 16.7. The van der Waals surface area contributed by atoms with E-state index in [0.717, 1.165) is 25.7 Å². The average molecular weight is 360 g/mol. The van der Waals surface area contributed by atoms with Gasteiger partial charge in [0.15, 0.2) is 6.29 Å². The zero-order chi connectivity index (χ0) is 18.9. The Morgan fingerprint density at radius 1 is 0.760 bits per heavy atom. The maximum atomic E-state index is 11.8. The van der Waals surface area contributed by atoms with Gasteiger partial charge in [-0.25, -0.2) is 0 Å². The molecule has 0 aliphatic carbocycles. The number of carbonyl (C=O) groups excluding carboxylic acids is 2. The summed E-state index contributed by atoms with van der Waals surface area (Å²) >= 11 is 0. The van der Waals surface area contributed by atoms with Crippen molar-refractivity contribution in [3.63, 3.8) is 0 Å². The molecule has 0 bridgehead atoms. The standard InChI is InChI=1S/C19H36O6/c1-5-8-14-22-16(4)24-17(20)12-10-11-13-18(21)25-19(7-3)23-15-9-6-2/h16,19H,5-15H2,1-4H3. The summed E-state index contributed by atoms with van der Waals surface area (Å²) in [5.41, 5.74) is 0. The maximum absolute atomic E-state index is 11.8. The molecule has 0 rings (SSSR count). The minimum absolute atomic E-state index is 0.277. The summed E-state index contributed by atoms with van der Waals surface area (Å²) in [4.78, 5) is 23.4. The third-order valence-electron chi connectivity index (χ3n) is 3.56. The van der Waals surface area contributed by atoms with Crippen LogP contribution in [-0.2, 0) is 28.5 Å². The van der Waals surface area contributed by atoms with Crippen molar-refractivity contribution in [2.75, 3.05) is 13.2 Å². The van der Waals surface area contributed by atoms with E-state index >= 15 is 0 Å². The summed E-state index contributed by atoms with van der Waals surface area (Å²) in [6.45, 7) is 8.99. The van der Waals surface area contributed by atoms with Crippen LogP contribution in [0.5, 0.6) is 0 Å². The zero-order valence-corrected chi connectivity index (χ0v) is 16.4. The van der Waals surface area contributed by atoms with Gasteiger partial charge in [0, 0.05) is 19.3 Å². The largest absolute Gasteiger partial charge is 0.436 e. The Bertz CT molecular complexity index is 345. The van der Waals surface area contributed by atoms with Gasteiger partial charge in [0.1, 0.15) is 0 Å². The van der Waals surface area contributed by atoms with Gasteiger partial charge in [0.25, 0.3) is 0 Å². The van der Waals surface area contributed by atoms with Gasteiger partial charge < -0.3 is 18.9 Å². The first-order valence-electron chi connectivity index (χ1n) is 9.65. The lowest BCUT2D eigenvalue weighted by Crippen LogP contribution is -2.21. The Morgan fingerprint density at radius 2 is 1.28 bits per heavy atom. The summed E-state index contributed by atoms with van der Waals surface area (Å²) in [7, 11) is 0. The van der Waals surface area contributed by atoms with Gasteiger partial charge in [0.05, 0.1) is 13.2 Å². The lowest BCUT2D eigenvalue weighted by atomic mass is 10.2. The summed E-state index contributed by atoms with van der Waals surface area (Å²) in [5.74, 6) is -0.584. The van der Waals surface area contributed by atoms with Gasteiger partial charge in [-0.3, -0.25) is 9.59 Å². The van der Waals surface area contributed by atoms with E-state index in [1.165, 1.54) is 0 Å². The highest BCUT2D eigenvalue weighted by Gasteiger charge is 2.13. The van der Waals surface area contributed by atoms with Gasteiger partial charge >= 0.3 is 11.9 Å². The number of hydrogen-bond acceptors (Lipinski definition) is 6. The molecule has 148 valence electrons. The molecule has 6 nitrogen and oxygen atoms in total. The first kappa shape index (κ1) is 23.9. The third kappa shape index (κ3) is 14.9. The Labute approximate surface area is 152 Å². The van der Waals surface area contributed by atoms with Crippen LogP contribution in [0, 0.1) is 0 Å². The number of rotatable bonds is 16. The first-order chi connectivity index (χ1) is 12.0. The molecule has 0 fully saturated rings. The Hall–Kier alpha value is -1.14. The number of unbranched alkanes of at least 4 members (excludes halogenated alkanes) is 3. The third-order valence-corrected chi connectivity index (χ3v) is 3.56. The van der Waals surface area contributed by atoms with Crippen molar-refractivity contribution >= 4 is 11.9 Å². The van der Waals surface area contributed by atoms with E-state index in [0.29, 0.717) is 32.5 Å². The molecule has 2 atom stereocenters. The molecule has 6 heteroatoms. The second-order valence-electron chi connectivity index (χ2n) is 6.04. The fourth-order valence-corrected chi connectivity index (χ4v) is 2.01. The van der Waals surface area contributed by atoms with Crippen LogP contribution in [-0.4, -0.2) is 37.7 Å². The van der Waals surface area contributed by atoms with E-state index in [4.69, 9.17) is 18.9 Å². The smallest absolute Gasteiger partial charge is 0.308 e. The molecule has 0 amide bonds. The van der Waals surface area contributed by atoms with E-state index in [-0.39, 0.29) is 24.8 Å². The maximum Gasteiger partial charge on any atom is 0.308 e. The molecule has 0 heterocycles. The average Bonchev–Trinajstić information content (AvgIpc) is 2.58. The molecule has 0 aromatic heterocycles. The predicted octanol–water partition coefficient (Wildman–Crippen LogP) is 4.35. The lowest BCUT2D eigenvalue weighted by Gasteiger charge is -2.16. The minimum Gasteiger partial charge on any atom is -0.436 e. The van der Waals surface area contributed by atoms with Crippen molar-refractivity contribution in [2.45, 2.75) is 98.1 Å². The molecular weight excluding hydrogens is 324 g/mol. The van der Waals surface area contributed by atoms with Crippen molar-refractivity contribution in [3.05, 3.63) is 0 Å². The van der Waals surface area contributed by atoms with Crippen LogP contribution in [0.1, 0.15) is 85.5 Å². The van der Waals surface area contributed by atoms with Crippen molar-refractivity contribution < 1.29 is 28.5 Å². The lowest BCUT2D eigenvalue weighted by molar-refractivity contribution is -0.180. The van der Waals surface area contributed by atoms with Gasteiger partial charge in [-0.2, -0.15) is 0 Å². The van der Waals surface area contributed by atoms with E-state index in [1.807, 2.05) is 6.92 Å². The molecule has 25 heavy (non-hydrogen) atoms. The summed E-state index contributed by atoms with van der Waals surface area (Å²) in [5, 5.41) is 0. The summed E-state index contributed by atoms with van der Waals surface area (Å²) in [6, 6.07) is 0. The van der Waals surface area contributed by atoms with Crippen molar-refractivity contribution in [1.29, 1.82) is 0 Å². The van der Waals surface area contributed by atoms with Gasteiger partial charge in [-0.1, -0.05) is 33.6 Å². The SMILES string of the molecule is CCCCOC(C)OC(=O)CCCCC(=O)OC(CC)OCCCC. The topological polar surface area (TPSA) is 71.1 Å². The van der Waals surface area contributed by atoms with Crippen LogP contribution in [0.25, 0.3) is 0 Å². The van der Waals surface area contributed by atoms with Gasteiger partial charge in [-0.15, -0.1) is 0 Å². The molecule has 0 aliphatic heterocycles. The Kier molecular flexibility index (Phi) is 15.6. The van der Waals surface area contributed by atoms with Crippen LogP contribution < -0.4 is 0 Å². The zero-order valence-electron chi connectivity index (χ0n) is 16.4. The fourth-order valence-electron chi connectivity index (χ4n) is 2.01. The van der Waals surface area contributed by atoms with Gasteiger partial charge in [0.2, 0.25) is 6.29 Å². The highest BCUT2D eigenvalue weighted by molar-refractivity contribution is 5.70. The van der Waals surface area contributed by atoms with Crippen molar-refractivity contribution in [3.8, 4) is 0 Å². The van der Waals surface area contributed by atoms with Crippen molar-refractivity contribution in [2.24, 2.45) is 0 Å². The molecule has 0 radical (unpaired) electrons. The summed E-state index contributed by atoms with van der Waals surface area (Å²) < 4.78 is 21.3. The molecule has 0 aromatic carbocycles. The molecular formula is C19H36O6. The minimum atomic E-state index is -0.519. The highest BCUT2D eigenvalue weighted by Crippen LogP contribution is 2.08. The number of esters is 2. The predicted molar refractivity (Wildman–Crippen MR) is 95.9 cm³/mol. The molecule has 0 aliphatic rings. The molecule has 2 unspecified atom stereocenters. The second kappa shape index (κ2) is 16.3. The fraction of sp³-hybridized carbons (Fsp3) is 0.895. The summed E-state index contributed by atoms with van der Waals surface area (Å²) in [6.07, 6.45) is 5.37. The van der Waals surface area contributed by atoms with Crippen molar-refractivity contribution in [1.82, 2.24) is 0 Å². The quantitative estimate of drug-likeness (QED) is 0.231. The Morgan fingerprint density at radius 3 is 1.80 bits per heavy atom. The monoisotopic (exact) mass is 360 g/mol. The number of ether oxygens (including phenoxy) is 4. The van der Waals surface area contributed by atoms with E-state index in [2.05, 4.69) is 13.8 Å². The normalized spacial score (nSPS) is 13.3. The number of hydrogen-bond donors (Lipinski definition) is 0. The van der Waals surface area contributed by atoms with Crippen LogP contribution in [0.2, 0.25) is 0 Å². The first-order valence-corrected chi connectivity index (χ1v) is 9.65. The second-order valence-corrected chi connectivity index (χ2v) is 6.04. The van der Waals surface area contributed by atoms with Crippen LogP contribution in [0.4, 0.5) is 0 Å². The van der Waals surface area contributed by atoms with Crippen LogP contribution >= 0.6 is 0 Å². The van der Waals surface area contributed by atoms with Gasteiger partial charge in [-0.05, 0) is 32.6 Å². The molecule has 0 aromatic rings. The molecule has 0 N–H and O–H groups in total. The number of carbonyl (C=O) groups is 2.